The van der Waals surface area contributed by atoms with E-state index in [1.165, 1.54) is 18.2 Å². The number of nitrogen functional groups attached to an aromatic ring is 1. The van der Waals surface area contributed by atoms with Crippen LogP contribution in [0.15, 0.2) is 18.2 Å². The fraction of sp³-hybridized carbons (Fsp3) is 0.333. The molecule has 0 bridgehead atoms. The van der Waals surface area contributed by atoms with E-state index in [0.717, 1.165) is 0 Å². The predicted octanol–water partition coefficient (Wildman–Crippen LogP) is 1.24. The van der Waals surface area contributed by atoms with E-state index in [9.17, 15) is 18.5 Å². The van der Waals surface area contributed by atoms with Crippen molar-refractivity contribution in [2.45, 2.75) is 18.6 Å². The molecule has 1 unspecified atom stereocenters. The van der Waals surface area contributed by atoms with Gasteiger partial charge in [0.25, 0.3) is 5.69 Å². The third-order valence-corrected chi connectivity index (χ3v) is 3.45. The molecule has 2 N–H and O–H groups in total. The summed E-state index contributed by atoms with van der Waals surface area (Å²) in [6, 6.07) is 4.07. The highest BCUT2D eigenvalue weighted by molar-refractivity contribution is 7.72. The Kier molecular flexibility index (Phi) is 3.83. The Hall–Kier alpha value is -1.63. The summed E-state index contributed by atoms with van der Waals surface area (Å²) in [5.74, 6) is 0. The number of hydrogen-bond acceptors (Lipinski definition) is 5. The van der Waals surface area contributed by atoms with Gasteiger partial charge < -0.3 is 5.73 Å². The molecule has 0 aliphatic heterocycles. The van der Waals surface area contributed by atoms with Crippen LogP contribution < -0.4 is 5.73 Å². The normalized spacial score (nSPS) is 12.6. The SMILES string of the molecule is CCC(c1ccc(N)c([N+](=O)[O-])c1)[SH](=O)=O. The Balaban J connectivity index is 3.26. The molecule has 0 aliphatic carbocycles. The number of thiol groups is 1. The highest BCUT2D eigenvalue weighted by Gasteiger charge is 2.18. The fourth-order valence-corrected chi connectivity index (χ4v) is 2.13. The standard InChI is InChI=1S/C9H12N2O4S/c1-2-9(16(14)15)6-3-4-7(10)8(5-6)11(12)13/h3-5,9,16H,2,10H2,1H3. The van der Waals surface area contributed by atoms with Crippen LogP contribution in [0.3, 0.4) is 0 Å². The fourth-order valence-electron chi connectivity index (χ4n) is 1.43. The number of nitrogens with zero attached hydrogens (tertiary/aromatic N) is 1. The minimum Gasteiger partial charge on any atom is -0.393 e. The minimum absolute atomic E-state index is 0.0322. The molecule has 0 fully saturated rings. The molecule has 16 heavy (non-hydrogen) atoms. The summed E-state index contributed by atoms with van der Waals surface area (Å²) in [5, 5.41) is 9.93. The quantitative estimate of drug-likeness (QED) is 0.359. The molecule has 0 spiro atoms. The van der Waals surface area contributed by atoms with Crippen molar-refractivity contribution in [3.63, 3.8) is 0 Å². The van der Waals surface area contributed by atoms with Crippen LogP contribution in [0.2, 0.25) is 0 Å². The highest BCUT2D eigenvalue weighted by Crippen LogP contribution is 2.28. The number of benzene rings is 1. The van der Waals surface area contributed by atoms with Gasteiger partial charge in [0.15, 0.2) is 0 Å². The van der Waals surface area contributed by atoms with Crippen LogP contribution in [0.5, 0.6) is 0 Å². The van der Waals surface area contributed by atoms with Gasteiger partial charge in [0, 0.05) is 6.07 Å². The van der Waals surface area contributed by atoms with Crippen molar-refractivity contribution < 1.29 is 13.3 Å². The predicted molar refractivity (Wildman–Crippen MR) is 60.9 cm³/mol. The number of hydrogen-bond donors (Lipinski definition) is 2. The Bertz CT molecular complexity index is 476. The van der Waals surface area contributed by atoms with Gasteiger partial charge in [0.1, 0.15) is 16.4 Å². The first kappa shape index (κ1) is 12.4. The largest absolute Gasteiger partial charge is 0.393 e. The maximum Gasteiger partial charge on any atom is 0.292 e. The molecule has 0 saturated carbocycles. The molecule has 6 nitrogen and oxygen atoms in total. The van der Waals surface area contributed by atoms with Crippen LogP contribution >= 0.6 is 0 Å². The lowest BCUT2D eigenvalue weighted by Crippen LogP contribution is -2.02. The molecule has 0 saturated heterocycles. The first-order chi connectivity index (χ1) is 7.47. The number of nitrogens with two attached hydrogens (primary N) is 1. The van der Waals surface area contributed by atoms with E-state index < -0.39 is 20.9 Å². The molecule has 0 amide bonds. The average molecular weight is 244 g/mol. The summed E-state index contributed by atoms with van der Waals surface area (Å²) in [7, 11) is -2.64. The molecule has 1 atom stereocenters. The minimum atomic E-state index is -2.64. The summed E-state index contributed by atoms with van der Waals surface area (Å²) in [5.41, 5.74) is 5.59. The van der Waals surface area contributed by atoms with Gasteiger partial charge in [0.2, 0.25) is 0 Å². The maximum atomic E-state index is 10.9. The van der Waals surface area contributed by atoms with Crippen molar-refractivity contribution in [2.75, 3.05) is 5.73 Å². The molecular formula is C9H12N2O4S. The summed E-state index contributed by atoms with van der Waals surface area (Å²) < 4.78 is 21.9. The van der Waals surface area contributed by atoms with Gasteiger partial charge in [-0.05, 0) is 18.1 Å². The van der Waals surface area contributed by atoms with Gasteiger partial charge in [-0.15, -0.1) is 0 Å². The van der Waals surface area contributed by atoms with Crippen LogP contribution in [0, 0.1) is 10.1 Å². The van der Waals surface area contributed by atoms with Crippen molar-refractivity contribution in [1.82, 2.24) is 0 Å². The van der Waals surface area contributed by atoms with E-state index in [1.807, 2.05) is 0 Å². The zero-order chi connectivity index (χ0) is 12.3. The number of nitro benzene ring substituents is 1. The van der Waals surface area contributed by atoms with Crippen molar-refractivity contribution in [2.24, 2.45) is 0 Å². The molecule has 0 aliphatic rings. The first-order valence-electron chi connectivity index (χ1n) is 4.64. The zero-order valence-corrected chi connectivity index (χ0v) is 9.52. The van der Waals surface area contributed by atoms with Crippen LogP contribution in [-0.2, 0) is 10.7 Å². The van der Waals surface area contributed by atoms with E-state index in [2.05, 4.69) is 0 Å². The van der Waals surface area contributed by atoms with Crippen molar-refractivity contribution in [3.8, 4) is 0 Å². The lowest BCUT2D eigenvalue weighted by atomic mass is 10.1. The molecule has 1 rings (SSSR count). The van der Waals surface area contributed by atoms with Crippen LogP contribution in [0.25, 0.3) is 0 Å². The van der Waals surface area contributed by atoms with Gasteiger partial charge >= 0.3 is 0 Å². The van der Waals surface area contributed by atoms with Gasteiger partial charge in [-0.1, -0.05) is 13.0 Å². The van der Waals surface area contributed by atoms with Crippen LogP contribution in [0.4, 0.5) is 11.4 Å². The topological polar surface area (TPSA) is 103 Å². The number of anilines is 1. The molecular weight excluding hydrogens is 232 g/mol. The zero-order valence-electron chi connectivity index (χ0n) is 8.62. The molecule has 0 radical (unpaired) electrons. The van der Waals surface area contributed by atoms with Gasteiger partial charge in [-0.2, -0.15) is 0 Å². The first-order valence-corrected chi connectivity index (χ1v) is 5.89. The molecule has 0 heterocycles. The summed E-state index contributed by atoms with van der Waals surface area (Å²) >= 11 is 0. The second kappa shape index (κ2) is 4.93. The van der Waals surface area contributed by atoms with E-state index in [4.69, 9.17) is 5.73 Å². The van der Waals surface area contributed by atoms with Crippen molar-refractivity contribution in [3.05, 3.63) is 33.9 Å². The lowest BCUT2D eigenvalue weighted by Gasteiger charge is -2.08. The molecule has 0 aromatic heterocycles. The number of nitro groups is 1. The van der Waals surface area contributed by atoms with Crippen LogP contribution in [-0.4, -0.2) is 13.3 Å². The maximum absolute atomic E-state index is 10.9. The molecule has 1 aromatic rings. The van der Waals surface area contributed by atoms with E-state index in [0.29, 0.717) is 12.0 Å². The van der Waals surface area contributed by atoms with E-state index in [1.54, 1.807) is 6.92 Å². The Morgan fingerprint density at radius 1 is 1.50 bits per heavy atom. The lowest BCUT2D eigenvalue weighted by molar-refractivity contribution is -0.384. The second-order valence-corrected chi connectivity index (χ2v) is 4.48. The Morgan fingerprint density at radius 2 is 2.12 bits per heavy atom. The third kappa shape index (κ3) is 2.48. The Morgan fingerprint density at radius 3 is 2.56 bits per heavy atom. The third-order valence-electron chi connectivity index (χ3n) is 2.28. The summed E-state index contributed by atoms with van der Waals surface area (Å²) in [4.78, 5) is 10.0. The molecule has 1 aromatic carbocycles. The summed E-state index contributed by atoms with van der Waals surface area (Å²) in [6.45, 7) is 1.71. The van der Waals surface area contributed by atoms with Crippen molar-refractivity contribution in [1.29, 1.82) is 0 Å². The number of rotatable bonds is 4. The van der Waals surface area contributed by atoms with Crippen LogP contribution in [0.1, 0.15) is 24.2 Å². The Labute approximate surface area is 94.2 Å². The van der Waals surface area contributed by atoms with Gasteiger partial charge in [-0.25, -0.2) is 8.42 Å². The molecule has 88 valence electrons. The second-order valence-electron chi connectivity index (χ2n) is 3.28. The van der Waals surface area contributed by atoms with Gasteiger partial charge in [-0.3, -0.25) is 10.1 Å². The van der Waals surface area contributed by atoms with Crippen molar-refractivity contribution >= 4 is 22.1 Å². The summed E-state index contributed by atoms with van der Waals surface area (Å²) in [6.07, 6.45) is 0.375. The van der Waals surface area contributed by atoms with Gasteiger partial charge in [0.05, 0.1) is 10.2 Å². The monoisotopic (exact) mass is 244 g/mol. The molecule has 7 heteroatoms. The smallest absolute Gasteiger partial charge is 0.292 e. The highest BCUT2D eigenvalue weighted by atomic mass is 32.2. The van der Waals surface area contributed by atoms with E-state index >= 15 is 0 Å². The average Bonchev–Trinajstić information content (AvgIpc) is 2.20. The van der Waals surface area contributed by atoms with E-state index in [-0.39, 0.29) is 11.4 Å².